The normalized spacial score (nSPS) is 10.7. The molecule has 0 fully saturated rings. The maximum Gasteiger partial charge on any atom is 0.258 e. The molecule has 6 heteroatoms. The first-order valence-electron chi connectivity index (χ1n) is 7.23. The first-order chi connectivity index (χ1) is 11.4. The van der Waals surface area contributed by atoms with Gasteiger partial charge in [0.1, 0.15) is 5.82 Å². The molecule has 24 heavy (non-hydrogen) atoms. The van der Waals surface area contributed by atoms with Crippen molar-refractivity contribution in [1.29, 1.82) is 0 Å². The van der Waals surface area contributed by atoms with Crippen LogP contribution in [0.1, 0.15) is 21.5 Å². The lowest BCUT2D eigenvalue weighted by atomic mass is 10.0. The molecule has 1 amide bonds. The fourth-order valence-electron chi connectivity index (χ4n) is 2.39. The summed E-state index contributed by atoms with van der Waals surface area (Å²) in [7, 11) is 0. The quantitative estimate of drug-likeness (QED) is 0.672. The number of anilines is 1. The second-order valence-electron chi connectivity index (χ2n) is 5.43. The highest BCUT2D eigenvalue weighted by Gasteiger charge is 2.14. The van der Waals surface area contributed by atoms with Crippen molar-refractivity contribution in [2.24, 2.45) is 0 Å². The van der Waals surface area contributed by atoms with Crippen LogP contribution >= 0.6 is 22.9 Å². The van der Waals surface area contributed by atoms with Gasteiger partial charge in [-0.3, -0.25) is 10.1 Å². The maximum absolute atomic E-state index is 13.1. The average molecular weight is 361 g/mol. The molecule has 0 aliphatic rings. The van der Waals surface area contributed by atoms with Gasteiger partial charge in [0.05, 0.1) is 16.3 Å². The van der Waals surface area contributed by atoms with Crippen LogP contribution in [0.3, 0.4) is 0 Å². The third-order valence-electron chi connectivity index (χ3n) is 3.56. The van der Waals surface area contributed by atoms with Crippen molar-refractivity contribution in [1.82, 2.24) is 4.98 Å². The van der Waals surface area contributed by atoms with Crippen molar-refractivity contribution >= 4 is 34.0 Å². The van der Waals surface area contributed by atoms with Crippen LogP contribution in [0.2, 0.25) is 5.02 Å². The molecule has 2 aromatic carbocycles. The van der Waals surface area contributed by atoms with Crippen molar-refractivity contribution in [2.75, 3.05) is 5.32 Å². The number of aromatic nitrogens is 1. The Bertz CT molecular complexity index is 923. The van der Waals surface area contributed by atoms with Gasteiger partial charge in [0, 0.05) is 10.9 Å². The number of hydrogen-bond acceptors (Lipinski definition) is 3. The third-order valence-corrected chi connectivity index (χ3v) is 4.63. The van der Waals surface area contributed by atoms with Crippen LogP contribution in [0, 0.1) is 19.7 Å². The molecule has 0 atom stereocenters. The molecule has 3 aromatic rings. The van der Waals surface area contributed by atoms with Crippen LogP contribution in [-0.4, -0.2) is 10.9 Å². The summed E-state index contributed by atoms with van der Waals surface area (Å²) in [5.41, 5.74) is 4.35. The molecule has 0 radical (unpaired) electrons. The molecule has 122 valence electrons. The Labute approximate surface area is 148 Å². The third kappa shape index (κ3) is 3.47. The zero-order valence-electron chi connectivity index (χ0n) is 13.1. The van der Waals surface area contributed by atoms with Gasteiger partial charge in [-0.15, -0.1) is 11.3 Å². The lowest BCUT2D eigenvalue weighted by Gasteiger charge is -2.05. The summed E-state index contributed by atoms with van der Waals surface area (Å²) < 4.78 is 13.1. The van der Waals surface area contributed by atoms with Gasteiger partial charge in [-0.2, -0.15) is 0 Å². The zero-order chi connectivity index (χ0) is 17.3. The topological polar surface area (TPSA) is 42.0 Å². The monoisotopic (exact) mass is 360 g/mol. The Morgan fingerprint density at radius 1 is 1.21 bits per heavy atom. The summed E-state index contributed by atoms with van der Waals surface area (Å²) in [5.74, 6) is -0.899. The molecular formula is C18H14ClFN2OS. The van der Waals surface area contributed by atoms with Crippen LogP contribution in [0.4, 0.5) is 9.52 Å². The first-order valence-corrected chi connectivity index (χ1v) is 8.49. The van der Waals surface area contributed by atoms with Gasteiger partial charge in [-0.25, -0.2) is 9.37 Å². The van der Waals surface area contributed by atoms with E-state index in [1.807, 2.05) is 31.4 Å². The summed E-state index contributed by atoms with van der Waals surface area (Å²) in [6.07, 6.45) is 0. The fraction of sp³-hybridized carbons (Fsp3) is 0.111. The number of nitrogens with zero attached hydrogens (tertiary/aromatic N) is 1. The van der Waals surface area contributed by atoms with E-state index in [2.05, 4.69) is 16.4 Å². The van der Waals surface area contributed by atoms with Crippen LogP contribution < -0.4 is 5.32 Å². The van der Waals surface area contributed by atoms with Gasteiger partial charge in [0.15, 0.2) is 5.13 Å². The molecule has 0 saturated heterocycles. The second kappa shape index (κ2) is 6.71. The Morgan fingerprint density at radius 3 is 2.71 bits per heavy atom. The minimum Gasteiger partial charge on any atom is -0.298 e. The number of aryl methyl sites for hydroxylation is 2. The molecule has 1 heterocycles. The molecule has 0 bridgehead atoms. The zero-order valence-corrected chi connectivity index (χ0v) is 14.6. The fourth-order valence-corrected chi connectivity index (χ4v) is 3.35. The number of thiazole rings is 1. The summed E-state index contributed by atoms with van der Waals surface area (Å²) in [6.45, 7) is 4.06. The van der Waals surface area contributed by atoms with Crippen molar-refractivity contribution in [3.05, 3.63) is 69.3 Å². The Hall–Kier alpha value is -2.24. The molecule has 1 aromatic heterocycles. The number of rotatable bonds is 3. The number of carbonyl (C=O) groups is 1. The lowest BCUT2D eigenvalue weighted by molar-refractivity contribution is 0.102. The average Bonchev–Trinajstić information content (AvgIpc) is 2.95. The minimum atomic E-state index is -0.483. The van der Waals surface area contributed by atoms with Crippen LogP contribution in [0.5, 0.6) is 0 Å². The van der Waals surface area contributed by atoms with Crippen molar-refractivity contribution in [3.63, 3.8) is 0 Å². The Kier molecular flexibility index (Phi) is 4.64. The predicted molar refractivity (Wildman–Crippen MR) is 96.4 cm³/mol. The molecule has 0 aliphatic carbocycles. The van der Waals surface area contributed by atoms with Gasteiger partial charge in [-0.1, -0.05) is 35.4 Å². The summed E-state index contributed by atoms with van der Waals surface area (Å²) in [5, 5.41) is 5.13. The highest BCUT2D eigenvalue weighted by atomic mass is 35.5. The van der Waals surface area contributed by atoms with Gasteiger partial charge in [-0.05, 0) is 37.6 Å². The summed E-state index contributed by atoms with van der Waals surface area (Å²) in [4.78, 5) is 16.7. The standard InChI is InChI=1S/C18H14ClFN2OS/c1-10-3-5-13(11(2)7-10)16-9-24-18(21-16)22-17(23)14-6-4-12(20)8-15(14)19/h3-9H,1-2H3,(H,21,22,23). The molecule has 0 unspecified atom stereocenters. The highest BCUT2D eigenvalue weighted by Crippen LogP contribution is 2.28. The van der Waals surface area contributed by atoms with Gasteiger partial charge < -0.3 is 0 Å². The SMILES string of the molecule is Cc1ccc(-c2csc(NC(=O)c3ccc(F)cc3Cl)n2)c(C)c1. The highest BCUT2D eigenvalue weighted by molar-refractivity contribution is 7.14. The van der Waals surface area contributed by atoms with Crippen LogP contribution in [0.15, 0.2) is 41.8 Å². The molecule has 3 rings (SSSR count). The van der Waals surface area contributed by atoms with Crippen molar-refractivity contribution in [2.45, 2.75) is 13.8 Å². The van der Waals surface area contributed by atoms with Crippen molar-refractivity contribution in [3.8, 4) is 11.3 Å². The smallest absolute Gasteiger partial charge is 0.258 e. The number of amides is 1. The van der Waals surface area contributed by atoms with E-state index in [1.54, 1.807) is 0 Å². The molecule has 0 spiro atoms. The molecule has 0 aliphatic heterocycles. The van der Waals surface area contributed by atoms with Gasteiger partial charge >= 0.3 is 0 Å². The Balaban J connectivity index is 1.82. The molecule has 3 nitrogen and oxygen atoms in total. The number of carbonyl (C=O) groups excluding carboxylic acids is 1. The van der Waals surface area contributed by atoms with Crippen LogP contribution in [-0.2, 0) is 0 Å². The van der Waals surface area contributed by atoms with Gasteiger partial charge in [0.25, 0.3) is 5.91 Å². The summed E-state index contributed by atoms with van der Waals surface area (Å²) >= 11 is 7.24. The number of hydrogen-bond donors (Lipinski definition) is 1. The second-order valence-corrected chi connectivity index (χ2v) is 6.70. The maximum atomic E-state index is 13.1. The first kappa shape index (κ1) is 16.6. The number of halogens is 2. The van der Waals surface area contributed by atoms with Crippen LogP contribution in [0.25, 0.3) is 11.3 Å². The van der Waals surface area contributed by atoms with E-state index < -0.39 is 11.7 Å². The number of nitrogens with one attached hydrogen (secondary N) is 1. The lowest BCUT2D eigenvalue weighted by Crippen LogP contribution is -2.12. The molecular weight excluding hydrogens is 347 g/mol. The van der Waals surface area contributed by atoms with Gasteiger partial charge in [0.2, 0.25) is 0 Å². The minimum absolute atomic E-state index is 0.0682. The van der Waals surface area contributed by atoms with E-state index in [0.29, 0.717) is 5.13 Å². The largest absolute Gasteiger partial charge is 0.298 e. The number of benzene rings is 2. The van der Waals surface area contributed by atoms with E-state index >= 15 is 0 Å². The van der Waals surface area contributed by atoms with E-state index in [-0.39, 0.29) is 10.6 Å². The predicted octanol–water partition coefficient (Wildman–Crippen LogP) is 5.47. The van der Waals surface area contributed by atoms with E-state index in [1.165, 1.54) is 29.0 Å². The summed E-state index contributed by atoms with van der Waals surface area (Å²) in [6, 6.07) is 9.79. The molecule has 1 N–H and O–H groups in total. The van der Waals surface area contributed by atoms with E-state index in [9.17, 15) is 9.18 Å². The van der Waals surface area contributed by atoms with E-state index in [4.69, 9.17) is 11.6 Å². The van der Waals surface area contributed by atoms with E-state index in [0.717, 1.165) is 22.9 Å². The molecule has 0 saturated carbocycles. The van der Waals surface area contributed by atoms with Crippen molar-refractivity contribution < 1.29 is 9.18 Å². The Morgan fingerprint density at radius 2 is 2.00 bits per heavy atom.